The molecule has 0 radical (unpaired) electrons. The van der Waals surface area contributed by atoms with Crippen LogP contribution in [0.1, 0.15) is 60.3 Å². The fraction of sp³-hybridized carbons (Fsp3) is 0.667. The van der Waals surface area contributed by atoms with Gasteiger partial charge in [-0.2, -0.15) is 0 Å². The third-order valence-electron chi connectivity index (χ3n) is 4.32. The van der Waals surface area contributed by atoms with Crippen LogP contribution >= 0.6 is 7.37 Å². The van der Waals surface area contributed by atoms with Crippen LogP contribution in [-0.2, 0) is 9.30 Å². The first kappa shape index (κ1) is 24.5. The maximum absolute atomic E-state index is 12.3. The maximum atomic E-state index is 12.3. The second-order valence-corrected chi connectivity index (χ2v) is 10.8. The molecule has 160 valence electrons. The van der Waals surface area contributed by atoms with Gasteiger partial charge in [-0.1, -0.05) is 31.5 Å². The molecule has 0 bridgehead atoms. The second-order valence-electron chi connectivity index (χ2n) is 8.36. The molecule has 0 aliphatic rings. The zero-order valence-electron chi connectivity index (χ0n) is 17.8. The van der Waals surface area contributed by atoms with E-state index in [1.54, 1.807) is 12.1 Å². The minimum absolute atomic E-state index is 0.0119. The summed E-state index contributed by atoms with van der Waals surface area (Å²) in [5.41, 5.74) is -0.516. The number of benzene rings is 1. The zero-order chi connectivity index (χ0) is 21.2. The van der Waals surface area contributed by atoms with Crippen molar-refractivity contribution in [2.45, 2.75) is 71.9 Å². The van der Waals surface area contributed by atoms with Crippen molar-refractivity contribution < 1.29 is 23.7 Å². The van der Waals surface area contributed by atoms with E-state index in [1.807, 2.05) is 45.9 Å². The van der Waals surface area contributed by atoms with Crippen molar-refractivity contribution in [2.24, 2.45) is 5.92 Å². The van der Waals surface area contributed by atoms with E-state index in [4.69, 9.17) is 9.47 Å². The number of amides is 1. The molecule has 3 atom stereocenters. The van der Waals surface area contributed by atoms with Gasteiger partial charge >= 0.3 is 6.09 Å². The van der Waals surface area contributed by atoms with Gasteiger partial charge in [0.05, 0.1) is 0 Å². The van der Waals surface area contributed by atoms with Gasteiger partial charge in [-0.05, 0) is 65.0 Å². The summed E-state index contributed by atoms with van der Waals surface area (Å²) >= 11 is 0. The van der Waals surface area contributed by atoms with Gasteiger partial charge in [-0.15, -0.1) is 0 Å². The van der Waals surface area contributed by atoms with Crippen molar-refractivity contribution in [2.75, 3.05) is 12.5 Å². The molecule has 1 rings (SSSR count). The Bertz CT molecular complexity index is 629. The molecule has 1 amide bonds. The van der Waals surface area contributed by atoms with E-state index >= 15 is 0 Å². The van der Waals surface area contributed by atoms with Crippen LogP contribution in [0.25, 0.3) is 0 Å². The lowest BCUT2D eigenvalue weighted by molar-refractivity contribution is 0.0501. The third-order valence-corrected chi connectivity index (χ3v) is 5.87. The number of hydrogen-bond acceptors (Lipinski definition) is 4. The Kier molecular flexibility index (Phi) is 10.0. The lowest BCUT2D eigenvalue weighted by Gasteiger charge is -2.24. The molecule has 0 saturated heterocycles. The highest BCUT2D eigenvalue weighted by molar-refractivity contribution is 7.57. The number of carbonyl (C=O) groups excluding carboxylic acids is 1. The fourth-order valence-corrected chi connectivity index (χ4v) is 4.10. The van der Waals surface area contributed by atoms with Crippen LogP contribution in [0.15, 0.2) is 30.3 Å². The Hall–Kier alpha value is -1.52. The molecule has 0 aliphatic carbocycles. The molecule has 6 nitrogen and oxygen atoms in total. The van der Waals surface area contributed by atoms with Crippen molar-refractivity contribution in [3.05, 3.63) is 30.3 Å². The normalized spacial score (nSPS) is 15.9. The monoisotopic (exact) mass is 413 g/mol. The molecule has 0 fully saturated rings. The van der Waals surface area contributed by atoms with E-state index < -0.39 is 19.1 Å². The van der Waals surface area contributed by atoms with Gasteiger partial charge in [-0.25, -0.2) is 4.79 Å². The second kappa shape index (κ2) is 11.5. The zero-order valence-corrected chi connectivity index (χ0v) is 18.7. The van der Waals surface area contributed by atoms with Gasteiger partial charge in [0, 0.05) is 12.2 Å². The standard InChI is InChI=1S/C21H36NO5P/c1-6-18(15-17(2)22-20(23)27-21(3,4)5)11-10-14-28(24,25)16-26-19-12-8-7-9-13-19/h7-9,12-13,17-18H,6,10-11,14-16H2,1-5H3,(H,22,23)(H,24,25)/t17?,18-/m1/s1. The average Bonchev–Trinajstić information content (AvgIpc) is 2.58. The number of ether oxygens (including phenoxy) is 2. The number of rotatable bonds is 11. The molecule has 28 heavy (non-hydrogen) atoms. The van der Waals surface area contributed by atoms with Crippen molar-refractivity contribution in [1.82, 2.24) is 5.32 Å². The lowest BCUT2D eigenvalue weighted by atomic mass is 9.93. The Labute approximate surface area is 169 Å². The Morgan fingerprint density at radius 1 is 1.25 bits per heavy atom. The largest absolute Gasteiger partial charge is 0.484 e. The Morgan fingerprint density at radius 2 is 1.89 bits per heavy atom. The summed E-state index contributed by atoms with van der Waals surface area (Å²) < 4.78 is 23.0. The fourth-order valence-electron chi connectivity index (χ4n) is 2.94. The van der Waals surface area contributed by atoms with E-state index in [0.29, 0.717) is 18.1 Å². The minimum atomic E-state index is -3.32. The van der Waals surface area contributed by atoms with Gasteiger partial charge in [0.15, 0.2) is 6.35 Å². The number of nitrogens with one attached hydrogen (secondary N) is 1. The third kappa shape index (κ3) is 11.4. The molecule has 0 aromatic heterocycles. The van der Waals surface area contributed by atoms with Crippen LogP contribution in [-0.4, -0.2) is 35.1 Å². The van der Waals surface area contributed by atoms with Gasteiger partial charge in [0.1, 0.15) is 11.4 Å². The van der Waals surface area contributed by atoms with Crippen molar-refractivity contribution in [3.8, 4) is 5.75 Å². The van der Waals surface area contributed by atoms with Crippen LogP contribution in [0.5, 0.6) is 5.75 Å². The first-order valence-electron chi connectivity index (χ1n) is 9.99. The molecular weight excluding hydrogens is 377 g/mol. The average molecular weight is 413 g/mol. The lowest BCUT2D eigenvalue weighted by Crippen LogP contribution is -2.38. The van der Waals surface area contributed by atoms with Crippen molar-refractivity contribution >= 4 is 13.5 Å². The van der Waals surface area contributed by atoms with E-state index in [-0.39, 0.29) is 18.6 Å². The van der Waals surface area contributed by atoms with Crippen LogP contribution in [0, 0.1) is 5.92 Å². The number of carbonyl (C=O) groups is 1. The predicted molar refractivity (Wildman–Crippen MR) is 113 cm³/mol. The highest BCUT2D eigenvalue weighted by Gasteiger charge is 2.22. The quantitative estimate of drug-likeness (QED) is 0.474. The highest BCUT2D eigenvalue weighted by atomic mass is 31.2. The topological polar surface area (TPSA) is 84.9 Å². The van der Waals surface area contributed by atoms with Crippen molar-refractivity contribution in [3.63, 3.8) is 0 Å². The first-order valence-corrected chi connectivity index (χ1v) is 12.0. The molecular formula is C21H36NO5P. The summed E-state index contributed by atoms with van der Waals surface area (Å²) in [7, 11) is -3.32. The predicted octanol–water partition coefficient (Wildman–Crippen LogP) is 5.40. The summed E-state index contributed by atoms with van der Waals surface area (Å²) in [6.07, 6.45) is 2.93. The van der Waals surface area contributed by atoms with Crippen LogP contribution in [0.4, 0.5) is 4.79 Å². The molecule has 1 aromatic rings. The number of para-hydroxylation sites is 1. The molecule has 1 aromatic carbocycles. The molecule has 0 heterocycles. The van der Waals surface area contributed by atoms with E-state index in [2.05, 4.69) is 12.2 Å². The van der Waals surface area contributed by atoms with Gasteiger partial charge < -0.3 is 19.7 Å². The molecule has 2 unspecified atom stereocenters. The summed E-state index contributed by atoms with van der Waals surface area (Å²) in [5, 5.41) is 2.86. The highest BCUT2D eigenvalue weighted by Crippen LogP contribution is 2.42. The smallest absolute Gasteiger partial charge is 0.407 e. The summed E-state index contributed by atoms with van der Waals surface area (Å²) in [6, 6.07) is 9.06. The molecule has 7 heteroatoms. The number of hydrogen-bond donors (Lipinski definition) is 2. The molecule has 0 spiro atoms. The molecule has 0 saturated carbocycles. The van der Waals surface area contributed by atoms with Gasteiger partial charge in [0.25, 0.3) is 0 Å². The van der Waals surface area contributed by atoms with Crippen molar-refractivity contribution in [1.29, 1.82) is 0 Å². The van der Waals surface area contributed by atoms with E-state index in [9.17, 15) is 14.3 Å². The maximum Gasteiger partial charge on any atom is 0.407 e. The summed E-state index contributed by atoms with van der Waals surface area (Å²) in [5.74, 6) is 0.977. The van der Waals surface area contributed by atoms with E-state index in [0.717, 1.165) is 19.3 Å². The minimum Gasteiger partial charge on any atom is -0.484 e. The summed E-state index contributed by atoms with van der Waals surface area (Å²) in [6.45, 7) is 9.56. The van der Waals surface area contributed by atoms with Crippen LogP contribution in [0.3, 0.4) is 0 Å². The van der Waals surface area contributed by atoms with Crippen LogP contribution in [0.2, 0.25) is 0 Å². The van der Waals surface area contributed by atoms with Crippen LogP contribution < -0.4 is 10.1 Å². The summed E-state index contributed by atoms with van der Waals surface area (Å²) in [4.78, 5) is 22.0. The SMILES string of the molecule is CC[C@H](CCCP(=O)(O)COc1ccccc1)CC(C)NC(=O)OC(C)(C)C. The molecule has 0 aliphatic heterocycles. The Balaban J connectivity index is 2.34. The number of alkyl carbamates (subject to hydrolysis) is 1. The Morgan fingerprint density at radius 3 is 2.46 bits per heavy atom. The van der Waals surface area contributed by atoms with Gasteiger partial charge in [0.2, 0.25) is 7.37 Å². The van der Waals surface area contributed by atoms with Gasteiger partial charge in [-0.3, -0.25) is 4.57 Å². The van der Waals surface area contributed by atoms with E-state index in [1.165, 1.54) is 0 Å². The first-order chi connectivity index (χ1) is 13.0. The molecule has 2 N–H and O–H groups in total.